The Morgan fingerprint density at radius 1 is 1.32 bits per heavy atom. The summed E-state index contributed by atoms with van der Waals surface area (Å²) >= 11 is 0. The zero-order valence-corrected chi connectivity index (χ0v) is 11.9. The van der Waals surface area contributed by atoms with Gasteiger partial charge in [-0.1, -0.05) is 6.92 Å². The Kier molecular flexibility index (Phi) is 5.31. The molecule has 6 heteroatoms. The van der Waals surface area contributed by atoms with Gasteiger partial charge >= 0.3 is 5.97 Å². The fourth-order valence-corrected chi connectivity index (χ4v) is 2.22. The molecule has 0 aliphatic carbocycles. The van der Waals surface area contributed by atoms with Gasteiger partial charge in [-0.25, -0.2) is 0 Å². The van der Waals surface area contributed by atoms with E-state index in [2.05, 4.69) is 10.6 Å². The third-order valence-electron chi connectivity index (χ3n) is 3.68. The van der Waals surface area contributed by atoms with E-state index < -0.39 is 16.9 Å². The van der Waals surface area contributed by atoms with E-state index in [0.717, 1.165) is 0 Å². The molecule has 0 aromatic rings. The van der Waals surface area contributed by atoms with Crippen molar-refractivity contribution in [3.63, 3.8) is 0 Å². The van der Waals surface area contributed by atoms with Crippen molar-refractivity contribution in [1.29, 1.82) is 0 Å². The summed E-state index contributed by atoms with van der Waals surface area (Å²) in [7, 11) is 0. The van der Waals surface area contributed by atoms with Crippen LogP contribution in [-0.2, 0) is 14.3 Å². The minimum Gasteiger partial charge on any atom is -0.481 e. The summed E-state index contributed by atoms with van der Waals surface area (Å²) in [5.74, 6) is -1.04. The topological polar surface area (TPSA) is 87.7 Å². The molecule has 1 aliphatic rings. The summed E-state index contributed by atoms with van der Waals surface area (Å²) in [5, 5.41) is 15.2. The molecule has 0 atom stereocenters. The third kappa shape index (κ3) is 3.91. The summed E-state index contributed by atoms with van der Waals surface area (Å²) < 4.78 is 5.20. The average molecular weight is 272 g/mol. The fraction of sp³-hybridized carbons (Fsp3) is 0.846. The maximum atomic E-state index is 12.1. The van der Waals surface area contributed by atoms with Crippen molar-refractivity contribution >= 4 is 11.9 Å². The Morgan fingerprint density at radius 2 is 1.89 bits per heavy atom. The van der Waals surface area contributed by atoms with Crippen molar-refractivity contribution in [3.8, 4) is 0 Å². The number of nitrogens with one attached hydrogen (secondary N) is 2. The molecule has 3 N–H and O–H groups in total. The predicted molar refractivity (Wildman–Crippen MR) is 70.9 cm³/mol. The van der Waals surface area contributed by atoms with Crippen LogP contribution in [-0.4, -0.2) is 48.8 Å². The van der Waals surface area contributed by atoms with Gasteiger partial charge in [-0.3, -0.25) is 9.59 Å². The van der Waals surface area contributed by atoms with Crippen molar-refractivity contribution < 1.29 is 19.4 Å². The standard InChI is InChI=1S/C13H24N2O4/c1-4-15-12(2,3)10(16)14-9-13(11(17)18)5-7-19-8-6-13/h15H,4-9H2,1-3H3,(H,14,16)(H,17,18). The van der Waals surface area contributed by atoms with Crippen LogP contribution in [0.5, 0.6) is 0 Å². The predicted octanol–water partition coefficient (Wildman–Crippen LogP) is 0.372. The number of ether oxygens (including phenoxy) is 1. The highest BCUT2D eigenvalue weighted by Crippen LogP contribution is 2.30. The second kappa shape index (κ2) is 6.34. The molecule has 1 aliphatic heterocycles. The van der Waals surface area contributed by atoms with Gasteiger partial charge in [-0.15, -0.1) is 0 Å². The molecule has 0 unspecified atom stereocenters. The first-order valence-electron chi connectivity index (χ1n) is 6.68. The Labute approximate surface area is 113 Å². The first-order valence-corrected chi connectivity index (χ1v) is 6.68. The molecular formula is C13H24N2O4. The lowest BCUT2D eigenvalue weighted by Crippen LogP contribution is -2.56. The van der Waals surface area contributed by atoms with Crippen LogP contribution in [0.4, 0.5) is 0 Å². The third-order valence-corrected chi connectivity index (χ3v) is 3.68. The molecule has 110 valence electrons. The number of carboxylic acid groups (broad SMARTS) is 1. The van der Waals surface area contributed by atoms with Gasteiger partial charge in [0.15, 0.2) is 0 Å². The van der Waals surface area contributed by atoms with E-state index in [0.29, 0.717) is 32.6 Å². The van der Waals surface area contributed by atoms with E-state index in [1.165, 1.54) is 0 Å². The highest BCUT2D eigenvalue weighted by atomic mass is 16.5. The summed E-state index contributed by atoms with van der Waals surface area (Å²) in [6.45, 7) is 7.17. The van der Waals surface area contributed by atoms with Crippen molar-refractivity contribution in [1.82, 2.24) is 10.6 Å². The number of aliphatic carboxylic acids is 1. The Balaban J connectivity index is 2.62. The lowest BCUT2D eigenvalue weighted by molar-refractivity contribution is -0.154. The molecule has 0 aromatic heterocycles. The number of carbonyl (C=O) groups is 2. The summed E-state index contributed by atoms with van der Waals surface area (Å²) in [5.41, 5.74) is -1.59. The number of carbonyl (C=O) groups excluding carboxylic acids is 1. The molecule has 0 radical (unpaired) electrons. The van der Waals surface area contributed by atoms with Gasteiger partial charge < -0.3 is 20.5 Å². The molecule has 0 spiro atoms. The number of hydrogen-bond acceptors (Lipinski definition) is 4. The molecule has 0 bridgehead atoms. The van der Waals surface area contributed by atoms with Gasteiger partial charge in [0, 0.05) is 19.8 Å². The van der Waals surface area contributed by atoms with Crippen LogP contribution in [0.25, 0.3) is 0 Å². The Hall–Kier alpha value is -1.14. The zero-order valence-electron chi connectivity index (χ0n) is 11.9. The quantitative estimate of drug-likeness (QED) is 0.650. The first kappa shape index (κ1) is 15.9. The average Bonchev–Trinajstić information content (AvgIpc) is 2.36. The minimum atomic E-state index is -0.893. The molecule has 0 saturated carbocycles. The highest BCUT2D eigenvalue weighted by Gasteiger charge is 2.41. The van der Waals surface area contributed by atoms with Crippen LogP contribution in [0.3, 0.4) is 0 Å². The monoisotopic (exact) mass is 272 g/mol. The molecule has 1 amide bonds. The normalized spacial score (nSPS) is 18.9. The van der Waals surface area contributed by atoms with Gasteiger partial charge in [-0.2, -0.15) is 0 Å². The molecule has 1 heterocycles. The number of likely N-dealkylation sites (N-methyl/N-ethyl adjacent to an activating group) is 1. The van der Waals surface area contributed by atoms with E-state index in [4.69, 9.17) is 4.74 Å². The van der Waals surface area contributed by atoms with Crippen LogP contribution in [0.1, 0.15) is 33.6 Å². The smallest absolute Gasteiger partial charge is 0.311 e. The van der Waals surface area contributed by atoms with Crippen LogP contribution in [0.2, 0.25) is 0 Å². The van der Waals surface area contributed by atoms with E-state index in [9.17, 15) is 14.7 Å². The summed E-state index contributed by atoms with van der Waals surface area (Å²) in [6, 6.07) is 0. The fourth-order valence-electron chi connectivity index (χ4n) is 2.22. The number of rotatable bonds is 6. The second-order valence-corrected chi connectivity index (χ2v) is 5.54. The van der Waals surface area contributed by atoms with Gasteiger partial charge in [0.05, 0.1) is 11.0 Å². The molecule has 19 heavy (non-hydrogen) atoms. The van der Waals surface area contributed by atoms with Crippen molar-refractivity contribution in [3.05, 3.63) is 0 Å². The van der Waals surface area contributed by atoms with Gasteiger partial charge in [0.2, 0.25) is 5.91 Å². The number of amides is 1. The highest BCUT2D eigenvalue weighted by molar-refractivity contribution is 5.86. The van der Waals surface area contributed by atoms with Crippen LogP contribution < -0.4 is 10.6 Å². The van der Waals surface area contributed by atoms with Gasteiger partial charge in [0.25, 0.3) is 0 Å². The zero-order chi connectivity index (χ0) is 14.5. The Morgan fingerprint density at radius 3 is 2.37 bits per heavy atom. The Bertz CT molecular complexity index is 336. The molecule has 1 rings (SSSR count). The van der Waals surface area contributed by atoms with Gasteiger partial charge in [0.1, 0.15) is 0 Å². The molecule has 0 aromatic carbocycles. The second-order valence-electron chi connectivity index (χ2n) is 5.54. The minimum absolute atomic E-state index is 0.152. The molecule has 1 fully saturated rings. The van der Waals surface area contributed by atoms with Crippen LogP contribution in [0, 0.1) is 5.41 Å². The maximum Gasteiger partial charge on any atom is 0.311 e. The van der Waals surface area contributed by atoms with E-state index in [1.54, 1.807) is 13.8 Å². The van der Waals surface area contributed by atoms with E-state index in [1.807, 2.05) is 6.92 Å². The maximum absolute atomic E-state index is 12.1. The number of hydrogen-bond donors (Lipinski definition) is 3. The number of carboxylic acids is 1. The lowest BCUT2D eigenvalue weighted by atomic mass is 9.80. The van der Waals surface area contributed by atoms with E-state index >= 15 is 0 Å². The SMILES string of the molecule is CCNC(C)(C)C(=O)NCC1(C(=O)O)CCOCC1. The van der Waals surface area contributed by atoms with Crippen molar-refractivity contribution in [2.24, 2.45) is 5.41 Å². The molecule has 1 saturated heterocycles. The van der Waals surface area contributed by atoms with Crippen LogP contribution in [0.15, 0.2) is 0 Å². The van der Waals surface area contributed by atoms with Crippen molar-refractivity contribution in [2.45, 2.75) is 39.2 Å². The summed E-state index contributed by atoms with van der Waals surface area (Å²) in [4.78, 5) is 23.5. The first-order chi connectivity index (χ1) is 8.84. The van der Waals surface area contributed by atoms with Crippen LogP contribution >= 0.6 is 0 Å². The van der Waals surface area contributed by atoms with Crippen molar-refractivity contribution in [2.75, 3.05) is 26.3 Å². The van der Waals surface area contributed by atoms with E-state index in [-0.39, 0.29) is 12.5 Å². The molecular weight excluding hydrogens is 248 g/mol. The summed E-state index contributed by atoms with van der Waals surface area (Å²) in [6.07, 6.45) is 0.870. The lowest BCUT2D eigenvalue weighted by Gasteiger charge is -2.34. The largest absolute Gasteiger partial charge is 0.481 e. The van der Waals surface area contributed by atoms with Gasteiger partial charge in [-0.05, 0) is 33.2 Å². The molecule has 6 nitrogen and oxygen atoms in total.